The first-order chi connectivity index (χ1) is 8.69. The zero-order valence-electron chi connectivity index (χ0n) is 9.90. The molecule has 1 fully saturated rings. The SMILES string of the molecule is N#Cc1ccc(C(=O)NCC2CCC(Cl)C2)nc1. The molecule has 94 valence electrons. The second-order valence-electron chi connectivity index (χ2n) is 4.53. The van der Waals surface area contributed by atoms with Crippen LogP contribution in [-0.4, -0.2) is 22.8 Å². The molecule has 1 aliphatic rings. The maximum Gasteiger partial charge on any atom is 0.269 e. The quantitative estimate of drug-likeness (QED) is 0.849. The summed E-state index contributed by atoms with van der Waals surface area (Å²) in [7, 11) is 0. The summed E-state index contributed by atoms with van der Waals surface area (Å²) in [5, 5.41) is 11.7. The number of nitriles is 1. The van der Waals surface area contributed by atoms with Crippen molar-refractivity contribution in [2.75, 3.05) is 6.54 Å². The molecule has 2 unspecified atom stereocenters. The number of carbonyl (C=O) groups excluding carboxylic acids is 1. The van der Waals surface area contributed by atoms with E-state index in [1.165, 1.54) is 6.20 Å². The van der Waals surface area contributed by atoms with Crippen LogP contribution in [0.1, 0.15) is 35.3 Å². The monoisotopic (exact) mass is 263 g/mol. The van der Waals surface area contributed by atoms with Crippen LogP contribution in [0.15, 0.2) is 18.3 Å². The number of halogens is 1. The molecule has 1 heterocycles. The summed E-state index contributed by atoms with van der Waals surface area (Å²) in [6, 6.07) is 5.12. The van der Waals surface area contributed by atoms with Gasteiger partial charge in [-0.05, 0) is 37.3 Å². The largest absolute Gasteiger partial charge is 0.350 e. The van der Waals surface area contributed by atoms with Gasteiger partial charge in [-0.15, -0.1) is 11.6 Å². The third-order valence-corrected chi connectivity index (χ3v) is 3.55. The smallest absolute Gasteiger partial charge is 0.269 e. The molecule has 0 saturated heterocycles. The molecule has 1 aromatic heterocycles. The molecule has 2 atom stereocenters. The number of amides is 1. The predicted octanol–water partition coefficient (Wildman–Crippen LogP) is 2.09. The number of pyridine rings is 1. The molecule has 5 heteroatoms. The van der Waals surface area contributed by atoms with Crippen LogP contribution in [0.4, 0.5) is 0 Å². The van der Waals surface area contributed by atoms with Crippen LogP contribution in [-0.2, 0) is 0 Å². The number of nitrogens with one attached hydrogen (secondary N) is 1. The standard InChI is InChI=1S/C13H14ClN3O/c14-11-3-1-9(5-11)7-17-13(18)12-4-2-10(6-15)8-16-12/h2,4,8-9,11H,1,3,5,7H2,(H,17,18). The maximum absolute atomic E-state index is 11.8. The minimum absolute atomic E-state index is 0.197. The molecule has 1 amide bonds. The van der Waals surface area contributed by atoms with Crippen LogP contribution < -0.4 is 5.32 Å². The molecule has 0 aliphatic heterocycles. The normalized spacial score (nSPS) is 22.4. The Bertz CT molecular complexity index is 466. The van der Waals surface area contributed by atoms with Crippen LogP contribution in [0.3, 0.4) is 0 Å². The highest BCUT2D eigenvalue weighted by Gasteiger charge is 2.23. The average molecular weight is 264 g/mol. The third-order valence-electron chi connectivity index (χ3n) is 3.15. The van der Waals surface area contributed by atoms with Gasteiger partial charge in [0.1, 0.15) is 11.8 Å². The molecule has 0 aromatic carbocycles. The lowest BCUT2D eigenvalue weighted by Crippen LogP contribution is -2.29. The zero-order chi connectivity index (χ0) is 13.0. The van der Waals surface area contributed by atoms with Crippen molar-refractivity contribution in [3.63, 3.8) is 0 Å². The maximum atomic E-state index is 11.8. The molecule has 0 spiro atoms. The van der Waals surface area contributed by atoms with Gasteiger partial charge in [-0.2, -0.15) is 5.26 Å². The van der Waals surface area contributed by atoms with Crippen molar-refractivity contribution in [2.45, 2.75) is 24.6 Å². The molecule has 0 bridgehead atoms. The van der Waals surface area contributed by atoms with Crippen LogP contribution in [0.2, 0.25) is 0 Å². The first-order valence-corrected chi connectivity index (χ1v) is 6.41. The van der Waals surface area contributed by atoms with Crippen LogP contribution >= 0.6 is 11.6 Å². The molecule has 4 nitrogen and oxygen atoms in total. The Labute approximate surface area is 111 Å². The summed E-state index contributed by atoms with van der Waals surface area (Å²) >= 11 is 6.02. The van der Waals surface area contributed by atoms with E-state index in [1.54, 1.807) is 12.1 Å². The van der Waals surface area contributed by atoms with E-state index in [-0.39, 0.29) is 11.3 Å². The number of hydrogen-bond donors (Lipinski definition) is 1. The number of carbonyl (C=O) groups is 1. The fourth-order valence-electron chi connectivity index (χ4n) is 2.12. The van der Waals surface area contributed by atoms with E-state index < -0.39 is 0 Å². The fraction of sp³-hybridized carbons (Fsp3) is 0.462. The van der Waals surface area contributed by atoms with Gasteiger partial charge in [0.25, 0.3) is 5.91 Å². The highest BCUT2D eigenvalue weighted by Crippen LogP contribution is 2.28. The third kappa shape index (κ3) is 3.21. The Kier molecular flexibility index (Phi) is 4.16. The van der Waals surface area contributed by atoms with Crippen LogP contribution in [0.25, 0.3) is 0 Å². The number of rotatable bonds is 3. The Balaban J connectivity index is 1.86. The predicted molar refractivity (Wildman–Crippen MR) is 68.3 cm³/mol. The average Bonchev–Trinajstić information content (AvgIpc) is 2.82. The number of alkyl halides is 1. The Hall–Kier alpha value is -1.60. The molecule has 0 radical (unpaired) electrons. The van der Waals surface area contributed by atoms with Crippen molar-refractivity contribution in [3.05, 3.63) is 29.6 Å². The lowest BCUT2D eigenvalue weighted by atomic mass is 10.1. The van der Waals surface area contributed by atoms with Gasteiger partial charge in [-0.1, -0.05) is 0 Å². The molecule has 1 N–H and O–H groups in total. The molecule has 18 heavy (non-hydrogen) atoms. The van der Waals surface area contributed by atoms with Crippen LogP contribution in [0.5, 0.6) is 0 Å². The minimum Gasteiger partial charge on any atom is -0.350 e. The summed E-state index contributed by atoms with van der Waals surface area (Å²) in [5.74, 6) is 0.271. The molecule has 1 aromatic rings. The highest BCUT2D eigenvalue weighted by molar-refractivity contribution is 6.20. The van der Waals surface area contributed by atoms with E-state index in [0.29, 0.717) is 23.7 Å². The summed E-state index contributed by atoms with van der Waals surface area (Å²) in [6.07, 6.45) is 4.45. The minimum atomic E-state index is -0.197. The topological polar surface area (TPSA) is 65.8 Å². The Morgan fingerprint density at radius 2 is 2.39 bits per heavy atom. The van der Waals surface area contributed by atoms with Gasteiger partial charge >= 0.3 is 0 Å². The highest BCUT2D eigenvalue weighted by atomic mass is 35.5. The van der Waals surface area contributed by atoms with Gasteiger partial charge in [-0.3, -0.25) is 4.79 Å². The van der Waals surface area contributed by atoms with Crippen molar-refractivity contribution in [1.29, 1.82) is 5.26 Å². The zero-order valence-corrected chi connectivity index (χ0v) is 10.7. The molecule has 1 saturated carbocycles. The second-order valence-corrected chi connectivity index (χ2v) is 5.15. The summed E-state index contributed by atoms with van der Waals surface area (Å²) in [4.78, 5) is 15.7. The van der Waals surface area contributed by atoms with Gasteiger partial charge < -0.3 is 5.32 Å². The van der Waals surface area contributed by atoms with Gasteiger partial charge in [0.05, 0.1) is 5.56 Å². The van der Waals surface area contributed by atoms with E-state index in [0.717, 1.165) is 19.3 Å². The van der Waals surface area contributed by atoms with Crippen molar-refractivity contribution in [3.8, 4) is 6.07 Å². The van der Waals surface area contributed by atoms with Crippen LogP contribution in [0, 0.1) is 17.2 Å². The first-order valence-electron chi connectivity index (χ1n) is 5.97. The van der Waals surface area contributed by atoms with Crippen molar-refractivity contribution >= 4 is 17.5 Å². The van der Waals surface area contributed by atoms with Gasteiger partial charge in [0, 0.05) is 18.1 Å². The lowest BCUT2D eigenvalue weighted by Gasteiger charge is -2.10. The first kappa shape index (κ1) is 12.8. The fourth-order valence-corrected chi connectivity index (χ4v) is 2.50. The number of aromatic nitrogens is 1. The van der Waals surface area contributed by atoms with Gasteiger partial charge in [-0.25, -0.2) is 4.98 Å². The summed E-state index contributed by atoms with van der Waals surface area (Å²) in [5.41, 5.74) is 0.793. The lowest BCUT2D eigenvalue weighted by molar-refractivity contribution is 0.0942. The number of hydrogen-bond acceptors (Lipinski definition) is 3. The summed E-state index contributed by atoms with van der Waals surface area (Å²) in [6.45, 7) is 0.643. The molecular weight excluding hydrogens is 250 g/mol. The van der Waals surface area contributed by atoms with E-state index in [1.807, 2.05) is 6.07 Å². The van der Waals surface area contributed by atoms with Gasteiger partial charge in [0.15, 0.2) is 0 Å². The van der Waals surface area contributed by atoms with E-state index in [2.05, 4.69) is 10.3 Å². The van der Waals surface area contributed by atoms with Crippen molar-refractivity contribution in [1.82, 2.24) is 10.3 Å². The van der Waals surface area contributed by atoms with E-state index in [9.17, 15) is 4.79 Å². The van der Waals surface area contributed by atoms with E-state index in [4.69, 9.17) is 16.9 Å². The van der Waals surface area contributed by atoms with Gasteiger partial charge in [0.2, 0.25) is 0 Å². The van der Waals surface area contributed by atoms with E-state index >= 15 is 0 Å². The Morgan fingerprint density at radius 3 is 2.94 bits per heavy atom. The summed E-state index contributed by atoms with van der Waals surface area (Å²) < 4.78 is 0. The van der Waals surface area contributed by atoms with Crippen molar-refractivity contribution in [2.24, 2.45) is 5.92 Å². The van der Waals surface area contributed by atoms with Crippen molar-refractivity contribution < 1.29 is 4.79 Å². The number of nitrogens with zero attached hydrogens (tertiary/aromatic N) is 2. The molecule has 2 rings (SSSR count). The molecule has 1 aliphatic carbocycles. The molecular formula is C13H14ClN3O. The second kappa shape index (κ2) is 5.83. The Morgan fingerprint density at radius 1 is 1.56 bits per heavy atom.